The van der Waals surface area contributed by atoms with Crippen LogP contribution in [0.4, 0.5) is 0 Å². The van der Waals surface area contributed by atoms with Crippen LogP contribution in [0.1, 0.15) is 44.1 Å². The molecule has 1 aromatic carbocycles. The third-order valence-corrected chi connectivity index (χ3v) is 6.02. The van der Waals surface area contributed by atoms with Gasteiger partial charge in [-0.2, -0.15) is 0 Å². The van der Waals surface area contributed by atoms with Crippen LogP contribution in [0.15, 0.2) is 36.5 Å². The average molecular weight is 352 g/mol. The molecule has 2 heterocycles. The number of pyridine rings is 1. The Bertz CT molecular complexity index is 749. The summed E-state index contributed by atoms with van der Waals surface area (Å²) in [7, 11) is 0. The zero-order valence-corrected chi connectivity index (χ0v) is 15.3. The molecule has 1 N–H and O–H groups in total. The van der Waals surface area contributed by atoms with E-state index >= 15 is 0 Å². The summed E-state index contributed by atoms with van der Waals surface area (Å²) in [5, 5.41) is 4.44. The van der Waals surface area contributed by atoms with E-state index in [0.29, 0.717) is 25.6 Å². The van der Waals surface area contributed by atoms with Crippen LogP contribution in [0.3, 0.4) is 0 Å². The first kappa shape index (κ1) is 17.5. The predicted octanol–water partition coefficient (Wildman–Crippen LogP) is 3.88. The molecule has 2 unspecified atom stereocenters. The molecule has 4 heteroatoms. The van der Waals surface area contributed by atoms with E-state index in [2.05, 4.69) is 28.5 Å². The van der Waals surface area contributed by atoms with Gasteiger partial charge in [0.05, 0.1) is 24.8 Å². The molecule has 4 rings (SSSR count). The van der Waals surface area contributed by atoms with Crippen molar-refractivity contribution in [1.82, 2.24) is 10.3 Å². The highest BCUT2D eigenvalue weighted by molar-refractivity contribution is 5.82. The normalized spacial score (nSPS) is 23.5. The second-order valence-corrected chi connectivity index (χ2v) is 7.85. The Balaban J connectivity index is 1.36. The first-order valence-corrected chi connectivity index (χ1v) is 9.99. The number of ether oxygens (including phenoxy) is 1. The topological polar surface area (TPSA) is 51.2 Å². The minimum Gasteiger partial charge on any atom is -0.379 e. The summed E-state index contributed by atoms with van der Waals surface area (Å²) in [6, 6.07) is 10.5. The lowest BCUT2D eigenvalue weighted by Crippen LogP contribution is -2.40. The van der Waals surface area contributed by atoms with E-state index in [0.717, 1.165) is 24.3 Å². The van der Waals surface area contributed by atoms with Gasteiger partial charge in [0.2, 0.25) is 5.91 Å². The Labute approximate surface area is 155 Å². The number of nitrogens with one attached hydrogen (secondary N) is 1. The Hall–Kier alpha value is -1.94. The summed E-state index contributed by atoms with van der Waals surface area (Å²) in [6.07, 6.45) is 9.77. The van der Waals surface area contributed by atoms with E-state index in [1.807, 2.05) is 18.3 Å². The van der Waals surface area contributed by atoms with Crippen LogP contribution >= 0.6 is 0 Å². The molecule has 2 aliphatic rings. The Morgan fingerprint density at radius 1 is 1.15 bits per heavy atom. The lowest BCUT2D eigenvalue weighted by Gasteiger charge is -2.20. The van der Waals surface area contributed by atoms with Crippen molar-refractivity contribution in [3.05, 3.63) is 42.1 Å². The van der Waals surface area contributed by atoms with Crippen LogP contribution in [0.25, 0.3) is 10.9 Å². The smallest absolute Gasteiger partial charge is 0.220 e. The lowest BCUT2D eigenvalue weighted by atomic mass is 9.93. The van der Waals surface area contributed by atoms with E-state index in [1.54, 1.807) is 0 Å². The standard InChI is InChI=1S/C22H28N2O2/c25-22(10-9-16-5-1-2-6-16)24-21-15-26-14-18(21)13-17-11-12-23-20-8-4-3-7-19(17)20/h3-4,7-8,11-12,16,18,21H,1-2,5-6,9-10,13-15H2,(H,24,25). The van der Waals surface area contributed by atoms with Crippen molar-refractivity contribution in [2.45, 2.75) is 51.0 Å². The largest absolute Gasteiger partial charge is 0.379 e. The van der Waals surface area contributed by atoms with Gasteiger partial charge in [-0.1, -0.05) is 43.9 Å². The van der Waals surface area contributed by atoms with E-state index < -0.39 is 0 Å². The molecular formula is C22H28N2O2. The van der Waals surface area contributed by atoms with Gasteiger partial charge in [0.1, 0.15) is 0 Å². The maximum absolute atomic E-state index is 12.4. The van der Waals surface area contributed by atoms with Gasteiger partial charge in [-0.15, -0.1) is 0 Å². The van der Waals surface area contributed by atoms with Gasteiger partial charge >= 0.3 is 0 Å². The fraction of sp³-hybridized carbons (Fsp3) is 0.545. The van der Waals surface area contributed by atoms with E-state index in [-0.39, 0.29) is 11.9 Å². The van der Waals surface area contributed by atoms with Crippen molar-refractivity contribution < 1.29 is 9.53 Å². The van der Waals surface area contributed by atoms with Crippen LogP contribution < -0.4 is 5.32 Å². The molecule has 1 amide bonds. The van der Waals surface area contributed by atoms with Gasteiger partial charge in [0, 0.05) is 23.9 Å². The van der Waals surface area contributed by atoms with Crippen molar-refractivity contribution in [2.75, 3.05) is 13.2 Å². The molecule has 2 atom stereocenters. The third-order valence-electron chi connectivity index (χ3n) is 6.02. The number of carbonyl (C=O) groups is 1. The van der Waals surface area contributed by atoms with Crippen molar-refractivity contribution in [3.63, 3.8) is 0 Å². The van der Waals surface area contributed by atoms with Gasteiger partial charge in [0.25, 0.3) is 0 Å². The number of nitrogens with zero attached hydrogens (tertiary/aromatic N) is 1. The molecular weight excluding hydrogens is 324 g/mol. The molecule has 0 spiro atoms. The highest BCUT2D eigenvalue weighted by Gasteiger charge is 2.30. The zero-order valence-electron chi connectivity index (χ0n) is 15.3. The summed E-state index contributed by atoms with van der Waals surface area (Å²) < 4.78 is 5.70. The molecule has 0 radical (unpaired) electrons. The number of amides is 1. The summed E-state index contributed by atoms with van der Waals surface area (Å²) >= 11 is 0. The summed E-state index contributed by atoms with van der Waals surface area (Å²) in [5.41, 5.74) is 2.32. The molecule has 2 aromatic rings. The summed E-state index contributed by atoms with van der Waals surface area (Å²) in [6.45, 7) is 1.34. The molecule has 4 nitrogen and oxygen atoms in total. The number of fused-ring (bicyclic) bond motifs is 1. The molecule has 1 saturated heterocycles. The Kier molecular flexibility index (Phi) is 5.49. The first-order valence-electron chi connectivity index (χ1n) is 9.99. The van der Waals surface area contributed by atoms with Crippen molar-refractivity contribution in [1.29, 1.82) is 0 Å². The van der Waals surface area contributed by atoms with E-state index in [9.17, 15) is 4.79 Å². The van der Waals surface area contributed by atoms with Crippen LogP contribution in [0, 0.1) is 11.8 Å². The zero-order chi connectivity index (χ0) is 17.8. The molecule has 138 valence electrons. The van der Waals surface area contributed by atoms with Crippen LogP contribution in [0.2, 0.25) is 0 Å². The van der Waals surface area contributed by atoms with E-state index in [1.165, 1.54) is 36.6 Å². The average Bonchev–Trinajstić information content (AvgIpc) is 3.33. The summed E-state index contributed by atoms with van der Waals surface area (Å²) in [5.74, 6) is 1.28. The second-order valence-electron chi connectivity index (χ2n) is 7.85. The second kappa shape index (κ2) is 8.17. The Morgan fingerprint density at radius 3 is 2.88 bits per heavy atom. The van der Waals surface area contributed by atoms with Crippen LogP contribution in [-0.2, 0) is 16.0 Å². The molecule has 26 heavy (non-hydrogen) atoms. The highest BCUT2D eigenvalue weighted by Crippen LogP contribution is 2.29. The van der Waals surface area contributed by atoms with E-state index in [4.69, 9.17) is 4.74 Å². The number of benzene rings is 1. The number of carbonyl (C=O) groups excluding carboxylic acids is 1. The fourth-order valence-corrected chi connectivity index (χ4v) is 4.49. The van der Waals surface area contributed by atoms with Gasteiger partial charge in [-0.05, 0) is 36.5 Å². The SMILES string of the molecule is O=C(CCC1CCCC1)NC1COCC1Cc1ccnc2ccccc12. The maximum atomic E-state index is 12.4. The van der Waals surface area contributed by atoms with Crippen molar-refractivity contribution in [2.24, 2.45) is 11.8 Å². The number of para-hydroxylation sites is 1. The molecule has 1 aliphatic carbocycles. The summed E-state index contributed by atoms with van der Waals surface area (Å²) in [4.78, 5) is 16.8. The number of rotatable bonds is 6. The monoisotopic (exact) mass is 352 g/mol. The van der Waals surface area contributed by atoms with Crippen LogP contribution in [-0.4, -0.2) is 30.1 Å². The lowest BCUT2D eigenvalue weighted by molar-refractivity contribution is -0.122. The number of aromatic nitrogens is 1. The van der Waals surface area contributed by atoms with Gasteiger partial charge in [-0.25, -0.2) is 0 Å². The predicted molar refractivity (Wildman–Crippen MR) is 103 cm³/mol. The minimum atomic E-state index is 0.123. The fourth-order valence-electron chi connectivity index (χ4n) is 4.49. The van der Waals surface area contributed by atoms with Crippen molar-refractivity contribution >= 4 is 16.8 Å². The first-order chi connectivity index (χ1) is 12.8. The van der Waals surface area contributed by atoms with Gasteiger partial charge in [-0.3, -0.25) is 9.78 Å². The van der Waals surface area contributed by atoms with Gasteiger partial charge < -0.3 is 10.1 Å². The molecule has 1 aliphatic heterocycles. The maximum Gasteiger partial charge on any atom is 0.220 e. The minimum absolute atomic E-state index is 0.123. The molecule has 1 saturated carbocycles. The van der Waals surface area contributed by atoms with Gasteiger partial charge in [0.15, 0.2) is 0 Å². The highest BCUT2D eigenvalue weighted by atomic mass is 16.5. The quantitative estimate of drug-likeness (QED) is 0.858. The molecule has 1 aromatic heterocycles. The van der Waals surface area contributed by atoms with Crippen LogP contribution in [0.5, 0.6) is 0 Å². The number of hydrogen-bond acceptors (Lipinski definition) is 3. The van der Waals surface area contributed by atoms with Crippen molar-refractivity contribution in [3.8, 4) is 0 Å². The number of hydrogen-bond donors (Lipinski definition) is 1. The molecule has 0 bridgehead atoms. The molecule has 2 fully saturated rings. The third kappa shape index (κ3) is 4.07. The Morgan fingerprint density at radius 2 is 2.00 bits per heavy atom.